The SMILES string of the molecule is C=C(C)C(C(CC)c1ccc(N)cc1)N(C)C=O. The molecule has 0 bridgehead atoms. The fraction of sp³-hybridized carbons (Fsp3) is 0.400. The van der Waals surface area contributed by atoms with Crippen LogP contribution in [-0.4, -0.2) is 24.4 Å². The highest BCUT2D eigenvalue weighted by Gasteiger charge is 2.25. The molecule has 2 N–H and O–H groups in total. The van der Waals surface area contributed by atoms with E-state index in [0.717, 1.165) is 24.1 Å². The highest BCUT2D eigenvalue weighted by Crippen LogP contribution is 2.30. The van der Waals surface area contributed by atoms with Gasteiger partial charge in [-0.15, -0.1) is 0 Å². The number of amides is 1. The third-order valence-electron chi connectivity index (χ3n) is 3.30. The van der Waals surface area contributed by atoms with Crippen molar-refractivity contribution in [2.75, 3.05) is 12.8 Å². The van der Waals surface area contributed by atoms with Crippen LogP contribution >= 0.6 is 0 Å². The van der Waals surface area contributed by atoms with E-state index in [4.69, 9.17) is 5.73 Å². The smallest absolute Gasteiger partial charge is 0.209 e. The van der Waals surface area contributed by atoms with Gasteiger partial charge in [0.15, 0.2) is 0 Å². The number of nitrogens with zero attached hydrogens (tertiary/aromatic N) is 1. The Balaban J connectivity index is 3.09. The van der Waals surface area contributed by atoms with Gasteiger partial charge in [0.25, 0.3) is 0 Å². The van der Waals surface area contributed by atoms with Crippen LogP contribution in [0.3, 0.4) is 0 Å². The molecular formula is C15H22N2O. The third kappa shape index (κ3) is 3.13. The fourth-order valence-electron chi connectivity index (χ4n) is 2.42. The standard InChI is InChI=1S/C15H22N2O/c1-5-14(12-6-8-13(16)9-7-12)15(11(2)3)17(4)10-18/h6-10,14-15H,2,5,16H2,1,3-4H3. The topological polar surface area (TPSA) is 46.3 Å². The molecule has 3 nitrogen and oxygen atoms in total. The maximum Gasteiger partial charge on any atom is 0.209 e. The van der Waals surface area contributed by atoms with Crippen LogP contribution in [0.5, 0.6) is 0 Å². The van der Waals surface area contributed by atoms with Gasteiger partial charge >= 0.3 is 0 Å². The highest BCUT2D eigenvalue weighted by molar-refractivity contribution is 5.49. The first-order valence-corrected chi connectivity index (χ1v) is 6.19. The molecule has 2 atom stereocenters. The van der Waals surface area contributed by atoms with Crippen LogP contribution in [0.1, 0.15) is 31.7 Å². The van der Waals surface area contributed by atoms with Gasteiger partial charge in [0.05, 0.1) is 6.04 Å². The number of nitrogen functional groups attached to an aromatic ring is 1. The molecule has 1 aromatic rings. The first kappa shape index (κ1) is 14.3. The fourth-order valence-corrected chi connectivity index (χ4v) is 2.42. The quantitative estimate of drug-likeness (QED) is 0.476. The number of carbonyl (C=O) groups excluding carboxylic acids is 1. The molecule has 1 aromatic carbocycles. The van der Waals surface area contributed by atoms with E-state index in [9.17, 15) is 4.79 Å². The van der Waals surface area contributed by atoms with E-state index in [1.165, 1.54) is 5.56 Å². The van der Waals surface area contributed by atoms with E-state index in [2.05, 4.69) is 13.5 Å². The molecule has 0 saturated heterocycles. The molecule has 1 amide bonds. The van der Waals surface area contributed by atoms with Crippen molar-refractivity contribution in [1.82, 2.24) is 4.90 Å². The zero-order valence-corrected chi connectivity index (χ0v) is 11.4. The minimum Gasteiger partial charge on any atom is -0.399 e. The Morgan fingerprint density at radius 2 is 2.00 bits per heavy atom. The van der Waals surface area contributed by atoms with Crippen molar-refractivity contribution in [2.45, 2.75) is 32.2 Å². The Bertz CT molecular complexity index is 411. The van der Waals surface area contributed by atoms with Crippen LogP contribution in [-0.2, 0) is 4.79 Å². The number of hydrogen-bond donors (Lipinski definition) is 1. The maximum atomic E-state index is 11.0. The van der Waals surface area contributed by atoms with Gasteiger partial charge in [0.2, 0.25) is 6.41 Å². The van der Waals surface area contributed by atoms with Crippen molar-refractivity contribution in [1.29, 1.82) is 0 Å². The number of hydrogen-bond acceptors (Lipinski definition) is 2. The van der Waals surface area contributed by atoms with E-state index in [1.807, 2.05) is 31.2 Å². The summed E-state index contributed by atoms with van der Waals surface area (Å²) in [5, 5.41) is 0. The van der Waals surface area contributed by atoms with E-state index in [-0.39, 0.29) is 12.0 Å². The number of carbonyl (C=O) groups is 1. The minimum atomic E-state index is 0.0242. The zero-order chi connectivity index (χ0) is 13.7. The lowest BCUT2D eigenvalue weighted by Gasteiger charge is -2.32. The van der Waals surface area contributed by atoms with Gasteiger partial charge in [-0.25, -0.2) is 0 Å². The van der Waals surface area contributed by atoms with Gasteiger partial charge in [-0.1, -0.05) is 31.2 Å². The molecule has 18 heavy (non-hydrogen) atoms. The summed E-state index contributed by atoms with van der Waals surface area (Å²) < 4.78 is 0. The summed E-state index contributed by atoms with van der Waals surface area (Å²) in [7, 11) is 1.80. The Hall–Kier alpha value is -1.77. The first-order chi connectivity index (χ1) is 8.51. The van der Waals surface area contributed by atoms with Gasteiger partial charge in [-0.2, -0.15) is 0 Å². The lowest BCUT2D eigenvalue weighted by atomic mass is 9.85. The Morgan fingerprint density at radius 1 is 1.44 bits per heavy atom. The summed E-state index contributed by atoms with van der Waals surface area (Å²) >= 11 is 0. The number of likely N-dealkylation sites (N-methyl/N-ethyl adjacent to an activating group) is 1. The van der Waals surface area contributed by atoms with E-state index in [1.54, 1.807) is 11.9 Å². The molecule has 0 aliphatic carbocycles. The van der Waals surface area contributed by atoms with Crippen molar-refractivity contribution in [3.63, 3.8) is 0 Å². The molecule has 98 valence electrons. The van der Waals surface area contributed by atoms with Gasteiger partial charge in [-0.3, -0.25) is 4.79 Å². The lowest BCUT2D eigenvalue weighted by molar-refractivity contribution is -0.118. The highest BCUT2D eigenvalue weighted by atomic mass is 16.1. The summed E-state index contributed by atoms with van der Waals surface area (Å²) in [6, 6.07) is 7.87. The van der Waals surface area contributed by atoms with Gasteiger partial charge in [-0.05, 0) is 31.0 Å². The molecule has 0 aliphatic heterocycles. The average molecular weight is 246 g/mol. The first-order valence-electron chi connectivity index (χ1n) is 6.19. The average Bonchev–Trinajstić information content (AvgIpc) is 2.35. The second kappa shape index (κ2) is 6.24. The van der Waals surface area contributed by atoms with Crippen LogP contribution in [0.2, 0.25) is 0 Å². The Labute approximate surface area is 109 Å². The van der Waals surface area contributed by atoms with E-state index in [0.29, 0.717) is 0 Å². The normalized spacial score (nSPS) is 13.7. The van der Waals surface area contributed by atoms with Crippen molar-refractivity contribution >= 4 is 12.1 Å². The minimum absolute atomic E-state index is 0.0242. The van der Waals surface area contributed by atoms with Crippen molar-refractivity contribution in [3.8, 4) is 0 Å². The molecule has 0 spiro atoms. The van der Waals surface area contributed by atoms with Crippen LogP contribution < -0.4 is 5.73 Å². The number of nitrogens with two attached hydrogens (primary N) is 1. The summed E-state index contributed by atoms with van der Waals surface area (Å²) in [4.78, 5) is 12.7. The zero-order valence-electron chi connectivity index (χ0n) is 11.4. The number of benzene rings is 1. The largest absolute Gasteiger partial charge is 0.399 e. The maximum absolute atomic E-state index is 11.0. The molecule has 0 saturated carbocycles. The predicted molar refractivity (Wildman–Crippen MR) is 76.3 cm³/mol. The van der Waals surface area contributed by atoms with Gasteiger partial charge in [0, 0.05) is 18.7 Å². The van der Waals surface area contributed by atoms with E-state index < -0.39 is 0 Å². The molecule has 0 aromatic heterocycles. The molecule has 0 fully saturated rings. The third-order valence-corrected chi connectivity index (χ3v) is 3.30. The summed E-state index contributed by atoms with van der Waals surface area (Å²) in [5.41, 5.74) is 8.64. The number of anilines is 1. The molecule has 0 heterocycles. The summed E-state index contributed by atoms with van der Waals surface area (Å²) in [6.07, 6.45) is 1.80. The van der Waals surface area contributed by atoms with Crippen molar-refractivity contribution in [2.24, 2.45) is 0 Å². The molecule has 0 radical (unpaired) electrons. The van der Waals surface area contributed by atoms with Gasteiger partial charge < -0.3 is 10.6 Å². The number of rotatable bonds is 6. The molecule has 1 rings (SSSR count). The predicted octanol–water partition coefficient (Wildman–Crippen LogP) is 2.80. The van der Waals surface area contributed by atoms with E-state index >= 15 is 0 Å². The monoisotopic (exact) mass is 246 g/mol. The van der Waals surface area contributed by atoms with Crippen molar-refractivity contribution < 1.29 is 4.79 Å². The molecule has 0 aliphatic rings. The Kier molecular flexibility index (Phi) is 4.95. The van der Waals surface area contributed by atoms with Crippen LogP contribution in [0, 0.1) is 0 Å². The summed E-state index contributed by atoms with van der Waals surface area (Å²) in [6.45, 7) is 8.09. The van der Waals surface area contributed by atoms with Crippen LogP contribution in [0.4, 0.5) is 5.69 Å². The molecular weight excluding hydrogens is 224 g/mol. The van der Waals surface area contributed by atoms with Crippen LogP contribution in [0.15, 0.2) is 36.4 Å². The Morgan fingerprint density at radius 3 is 2.39 bits per heavy atom. The lowest BCUT2D eigenvalue weighted by Crippen LogP contribution is -2.36. The second-order valence-electron chi connectivity index (χ2n) is 4.74. The molecule has 3 heteroatoms. The van der Waals surface area contributed by atoms with Crippen LogP contribution in [0.25, 0.3) is 0 Å². The summed E-state index contributed by atoms with van der Waals surface area (Å²) in [5.74, 6) is 0.248. The van der Waals surface area contributed by atoms with Crippen molar-refractivity contribution in [3.05, 3.63) is 42.0 Å². The van der Waals surface area contributed by atoms with Gasteiger partial charge in [0.1, 0.15) is 0 Å². The second-order valence-corrected chi connectivity index (χ2v) is 4.74. The molecule has 2 unspecified atom stereocenters.